The van der Waals surface area contributed by atoms with Gasteiger partial charge in [-0.15, -0.1) is 0 Å². The number of hydrogen-bond donors (Lipinski definition) is 9. The zero-order valence-corrected chi connectivity index (χ0v) is 38.8. The summed E-state index contributed by atoms with van der Waals surface area (Å²) < 4.78 is 5.73. The zero-order valence-electron chi connectivity index (χ0n) is 38.8. The van der Waals surface area contributed by atoms with E-state index in [1.54, 1.807) is 0 Å². The third-order valence-corrected chi connectivity index (χ3v) is 10.5. The molecule has 0 aromatic heterocycles. The fourth-order valence-electron chi connectivity index (χ4n) is 7.04. The predicted molar refractivity (Wildman–Crippen MR) is 236 cm³/mol. The fourth-order valence-corrected chi connectivity index (χ4v) is 7.04. The van der Waals surface area contributed by atoms with Crippen molar-refractivity contribution in [1.82, 2.24) is 31.9 Å². The van der Waals surface area contributed by atoms with Gasteiger partial charge in [0, 0.05) is 0 Å². The van der Waals surface area contributed by atoms with E-state index >= 15 is 0 Å². The monoisotopic (exact) mass is 881 g/mol. The first-order chi connectivity index (χ1) is 29.2. The van der Waals surface area contributed by atoms with Crippen LogP contribution in [0, 0.1) is 17.8 Å². The van der Waals surface area contributed by atoms with Gasteiger partial charge in [-0.25, -0.2) is 4.79 Å². The van der Waals surface area contributed by atoms with E-state index < -0.39 is 103 Å². The first-order valence-corrected chi connectivity index (χ1v) is 22.8. The molecule has 0 bridgehead atoms. The van der Waals surface area contributed by atoms with Crippen molar-refractivity contribution in [2.45, 2.75) is 207 Å². The van der Waals surface area contributed by atoms with Crippen molar-refractivity contribution in [2.24, 2.45) is 17.8 Å². The first kappa shape index (κ1) is 55.9. The van der Waals surface area contributed by atoms with Crippen LogP contribution in [-0.4, -0.2) is 118 Å². The summed E-state index contributed by atoms with van der Waals surface area (Å²) >= 11 is 0. The average molecular weight is 881 g/mol. The lowest BCUT2D eigenvalue weighted by Gasteiger charge is -2.31. The highest BCUT2D eigenvalue weighted by Gasteiger charge is 2.39. The second kappa shape index (κ2) is 30.1. The Kier molecular flexibility index (Phi) is 27.1. The van der Waals surface area contributed by atoms with E-state index in [0.29, 0.717) is 6.42 Å². The van der Waals surface area contributed by atoms with Crippen molar-refractivity contribution in [3.05, 3.63) is 12.2 Å². The SMILES string of the molecule is CCCCCC/C=C/CCCCCC(O)CC(=O)NC(CC(C)C)C(=O)N[C@@H]1C(=O)N[C@H](CO)C(=O)N[C@@H]([C@H](C)O)C(=O)NC(CC(C)C)C(=O)NC(CC(C)C)C(=O)O[C@H]1C. The number of ether oxygens (including phenoxy) is 1. The van der Waals surface area contributed by atoms with Crippen LogP contribution in [0.15, 0.2) is 12.2 Å². The minimum atomic E-state index is -1.71. The Morgan fingerprint density at radius 2 is 1.26 bits per heavy atom. The smallest absolute Gasteiger partial charge is 0.328 e. The molecule has 0 spiro atoms. The van der Waals surface area contributed by atoms with Gasteiger partial charge in [0.2, 0.25) is 35.4 Å². The molecule has 0 radical (unpaired) electrons. The first-order valence-electron chi connectivity index (χ1n) is 22.8. The number of rotatable bonds is 24. The van der Waals surface area contributed by atoms with Gasteiger partial charge in [0.1, 0.15) is 42.4 Å². The molecule has 9 atom stereocenters. The molecule has 62 heavy (non-hydrogen) atoms. The molecule has 356 valence electrons. The Labute approximate surface area is 369 Å². The molecule has 1 heterocycles. The van der Waals surface area contributed by atoms with E-state index in [4.69, 9.17) is 4.74 Å². The number of amides is 6. The van der Waals surface area contributed by atoms with E-state index in [1.165, 1.54) is 39.5 Å². The molecule has 17 nitrogen and oxygen atoms in total. The summed E-state index contributed by atoms with van der Waals surface area (Å²) in [4.78, 5) is 95.3. The number of allylic oxidation sites excluding steroid dienone is 2. The number of hydrogen-bond acceptors (Lipinski definition) is 11. The number of carbonyl (C=O) groups excluding carboxylic acids is 7. The van der Waals surface area contributed by atoms with E-state index in [1.807, 2.05) is 41.5 Å². The third-order valence-electron chi connectivity index (χ3n) is 10.5. The van der Waals surface area contributed by atoms with Gasteiger partial charge in [-0.1, -0.05) is 92.7 Å². The van der Waals surface area contributed by atoms with Gasteiger partial charge < -0.3 is 52.0 Å². The third kappa shape index (κ3) is 22.3. The maximum absolute atomic E-state index is 14.0. The highest BCUT2D eigenvalue weighted by Crippen LogP contribution is 2.15. The van der Waals surface area contributed by atoms with Crippen LogP contribution in [0.25, 0.3) is 0 Å². The topological polar surface area (TPSA) is 262 Å². The van der Waals surface area contributed by atoms with Crippen LogP contribution in [0.3, 0.4) is 0 Å². The van der Waals surface area contributed by atoms with Crippen LogP contribution < -0.4 is 31.9 Å². The van der Waals surface area contributed by atoms with E-state index in [2.05, 4.69) is 51.0 Å². The van der Waals surface area contributed by atoms with Gasteiger partial charge in [0.15, 0.2) is 0 Å². The van der Waals surface area contributed by atoms with Crippen molar-refractivity contribution in [3.63, 3.8) is 0 Å². The lowest BCUT2D eigenvalue weighted by Crippen LogP contribution is -2.64. The summed E-state index contributed by atoms with van der Waals surface area (Å²) in [6, 6.07) is -8.65. The minimum Gasteiger partial charge on any atom is -0.458 e. The number of unbranched alkanes of at least 4 members (excludes halogenated alkanes) is 7. The van der Waals surface area contributed by atoms with Gasteiger partial charge in [0.05, 0.1) is 25.2 Å². The summed E-state index contributed by atoms with van der Waals surface area (Å²) in [7, 11) is 0. The Hall–Kier alpha value is -4.09. The molecule has 1 saturated heterocycles. The number of aliphatic hydroxyl groups excluding tert-OH is 3. The van der Waals surface area contributed by atoms with Gasteiger partial charge in [-0.2, -0.15) is 0 Å². The number of esters is 1. The molecule has 0 saturated carbocycles. The van der Waals surface area contributed by atoms with Gasteiger partial charge in [0.25, 0.3) is 0 Å². The normalized spacial score (nSPS) is 23.6. The fraction of sp³-hybridized carbons (Fsp3) is 0.800. The molecule has 1 aliphatic rings. The Morgan fingerprint density at radius 3 is 1.81 bits per heavy atom. The van der Waals surface area contributed by atoms with E-state index in [0.717, 1.165) is 32.1 Å². The van der Waals surface area contributed by atoms with Crippen LogP contribution in [0.1, 0.15) is 152 Å². The maximum atomic E-state index is 14.0. The highest BCUT2D eigenvalue weighted by atomic mass is 16.5. The molecule has 1 aliphatic heterocycles. The average Bonchev–Trinajstić information content (AvgIpc) is 3.17. The molecule has 0 aliphatic carbocycles. The molecule has 1 rings (SSSR count). The maximum Gasteiger partial charge on any atom is 0.328 e. The lowest BCUT2D eigenvalue weighted by atomic mass is 9.99. The van der Waals surface area contributed by atoms with Crippen molar-refractivity contribution in [2.75, 3.05) is 6.61 Å². The Balaban J connectivity index is 3.32. The number of aliphatic hydroxyl groups is 3. The largest absolute Gasteiger partial charge is 0.458 e. The molecule has 0 aromatic rings. The van der Waals surface area contributed by atoms with Gasteiger partial charge in [-0.05, 0) is 83.0 Å². The van der Waals surface area contributed by atoms with Gasteiger partial charge >= 0.3 is 5.97 Å². The lowest BCUT2D eigenvalue weighted by molar-refractivity contribution is -0.156. The van der Waals surface area contributed by atoms with Crippen molar-refractivity contribution in [3.8, 4) is 0 Å². The van der Waals surface area contributed by atoms with E-state index in [-0.39, 0.29) is 43.4 Å². The minimum absolute atomic E-state index is 0.104. The van der Waals surface area contributed by atoms with Crippen LogP contribution in [0.2, 0.25) is 0 Å². The quantitative estimate of drug-likeness (QED) is 0.0387. The second-order valence-electron chi connectivity index (χ2n) is 18.0. The van der Waals surface area contributed by atoms with Gasteiger partial charge in [-0.3, -0.25) is 28.8 Å². The number of cyclic esters (lactones) is 1. The summed E-state index contributed by atoms with van der Waals surface area (Å²) in [6.45, 7) is 14.7. The van der Waals surface area contributed by atoms with E-state index in [9.17, 15) is 48.9 Å². The number of nitrogens with one attached hydrogen (secondary N) is 6. The molecule has 6 amide bonds. The number of carbonyl (C=O) groups is 7. The summed E-state index contributed by atoms with van der Waals surface area (Å²) in [5.41, 5.74) is 0. The van der Waals surface area contributed by atoms with Crippen LogP contribution in [0.5, 0.6) is 0 Å². The predicted octanol–water partition coefficient (Wildman–Crippen LogP) is 2.58. The molecule has 0 aromatic carbocycles. The Bertz CT molecular complexity index is 1440. The molecule has 9 N–H and O–H groups in total. The highest BCUT2D eigenvalue weighted by molar-refractivity contribution is 5.97. The molecular weight excluding hydrogens is 801 g/mol. The second-order valence-corrected chi connectivity index (χ2v) is 18.0. The molecule has 17 heteroatoms. The van der Waals surface area contributed by atoms with Crippen molar-refractivity contribution < 1.29 is 53.6 Å². The molecular formula is C45H80N6O11. The van der Waals surface area contributed by atoms with Crippen molar-refractivity contribution in [1.29, 1.82) is 0 Å². The standard InChI is InChI=1S/C45H80N6O11/c1-10-11-12-13-14-15-16-17-18-19-20-21-32(54)25-37(55)46-33(22-27(2)3)41(57)51-39-31(9)62-45(61)35(24-29(6)7)48-40(56)34(23-28(4)5)47-43(59)38(30(8)53)50-42(58)36(26-52)49-44(39)60/h15-16,27-36,38-39,52-54H,10-14,17-26H2,1-9H3,(H,46,55)(H,47,59)(H,48,56)(H,49,60)(H,50,58)(H,51,57)/b16-15+/t30-,31-,32?,33?,34?,35?,36+,38-,39-/m0/s1. The van der Waals surface area contributed by atoms with Crippen LogP contribution in [-0.2, 0) is 38.3 Å². The summed E-state index contributed by atoms with van der Waals surface area (Å²) in [6.07, 6.45) is 10.6. The zero-order chi connectivity index (χ0) is 46.9. The summed E-state index contributed by atoms with van der Waals surface area (Å²) in [5, 5.41) is 46.4. The van der Waals surface area contributed by atoms with Crippen LogP contribution >= 0.6 is 0 Å². The molecule has 4 unspecified atom stereocenters. The van der Waals surface area contributed by atoms with Crippen molar-refractivity contribution >= 4 is 41.4 Å². The molecule has 1 fully saturated rings. The van der Waals surface area contributed by atoms with Crippen LogP contribution in [0.4, 0.5) is 0 Å². The summed E-state index contributed by atoms with van der Waals surface area (Å²) in [5.74, 6) is -6.51. The Morgan fingerprint density at radius 1 is 0.710 bits per heavy atom.